The monoisotopic (exact) mass is 219 g/mol. The highest BCUT2D eigenvalue weighted by atomic mass is 32.2. The Morgan fingerprint density at radius 1 is 1.13 bits per heavy atom. The molecule has 0 bridgehead atoms. The van der Waals surface area contributed by atoms with Crippen molar-refractivity contribution >= 4 is 11.8 Å². The van der Waals surface area contributed by atoms with Crippen LogP contribution in [0.1, 0.15) is 5.56 Å². The topological polar surface area (TPSA) is 12.9 Å². The third-order valence-corrected chi connectivity index (χ3v) is 3.02. The minimum absolute atomic E-state index is 0.170. The number of hydrogen-bond donors (Lipinski definition) is 0. The smallest absolute Gasteiger partial charge is 0.137 e. The van der Waals surface area contributed by atoms with E-state index in [-0.39, 0.29) is 5.82 Å². The van der Waals surface area contributed by atoms with E-state index in [0.29, 0.717) is 4.90 Å². The maximum absolute atomic E-state index is 13.5. The number of benzene rings is 1. The summed E-state index contributed by atoms with van der Waals surface area (Å²) < 4.78 is 13.5. The van der Waals surface area contributed by atoms with Gasteiger partial charge in [-0.15, -0.1) is 0 Å². The van der Waals surface area contributed by atoms with Crippen LogP contribution in [0.3, 0.4) is 0 Å². The predicted octanol–water partition coefficient (Wildman–Crippen LogP) is 3.68. The summed E-state index contributed by atoms with van der Waals surface area (Å²) in [4.78, 5) is 5.55. The average Bonchev–Trinajstić information content (AvgIpc) is 2.24. The molecule has 1 aromatic carbocycles. The second kappa shape index (κ2) is 4.45. The lowest BCUT2D eigenvalue weighted by atomic mass is 10.2. The van der Waals surface area contributed by atoms with Gasteiger partial charge in [0, 0.05) is 22.2 Å². The van der Waals surface area contributed by atoms with Gasteiger partial charge in [0.25, 0.3) is 0 Å². The van der Waals surface area contributed by atoms with Crippen LogP contribution in [0.5, 0.6) is 0 Å². The molecule has 3 heteroatoms. The molecule has 0 saturated carbocycles. The van der Waals surface area contributed by atoms with Crippen LogP contribution in [-0.4, -0.2) is 4.98 Å². The molecule has 2 rings (SSSR count). The largest absolute Gasteiger partial charge is 0.265 e. The Morgan fingerprint density at radius 2 is 1.87 bits per heavy atom. The van der Waals surface area contributed by atoms with E-state index in [1.807, 2.05) is 25.1 Å². The summed E-state index contributed by atoms with van der Waals surface area (Å²) >= 11 is 1.41. The van der Waals surface area contributed by atoms with Crippen molar-refractivity contribution in [1.82, 2.24) is 4.98 Å². The molecular formula is C12H10FNS. The van der Waals surface area contributed by atoms with Gasteiger partial charge >= 0.3 is 0 Å². The minimum Gasteiger partial charge on any atom is -0.265 e. The number of halogens is 1. The van der Waals surface area contributed by atoms with Crippen molar-refractivity contribution in [2.75, 3.05) is 0 Å². The van der Waals surface area contributed by atoms with E-state index >= 15 is 0 Å². The zero-order chi connectivity index (χ0) is 10.7. The quantitative estimate of drug-likeness (QED) is 0.764. The van der Waals surface area contributed by atoms with Crippen LogP contribution in [0.4, 0.5) is 4.39 Å². The maximum Gasteiger partial charge on any atom is 0.137 e. The van der Waals surface area contributed by atoms with E-state index in [2.05, 4.69) is 4.98 Å². The second-order valence-electron chi connectivity index (χ2n) is 3.22. The van der Waals surface area contributed by atoms with Gasteiger partial charge in [-0.2, -0.15) is 0 Å². The van der Waals surface area contributed by atoms with Gasteiger partial charge in [0.1, 0.15) is 5.82 Å². The van der Waals surface area contributed by atoms with Gasteiger partial charge in [0.15, 0.2) is 0 Å². The van der Waals surface area contributed by atoms with Crippen molar-refractivity contribution in [3.05, 3.63) is 54.1 Å². The van der Waals surface area contributed by atoms with Crippen LogP contribution in [0.2, 0.25) is 0 Å². The molecule has 0 unspecified atom stereocenters. The van der Waals surface area contributed by atoms with Gasteiger partial charge in [-0.1, -0.05) is 17.8 Å². The van der Waals surface area contributed by atoms with Crippen molar-refractivity contribution in [2.24, 2.45) is 0 Å². The molecule has 15 heavy (non-hydrogen) atoms. The Hall–Kier alpha value is -1.35. The van der Waals surface area contributed by atoms with Gasteiger partial charge in [0.05, 0.1) is 0 Å². The van der Waals surface area contributed by atoms with Crippen LogP contribution in [-0.2, 0) is 0 Å². The van der Waals surface area contributed by atoms with Crippen molar-refractivity contribution in [1.29, 1.82) is 0 Å². The Kier molecular flexibility index (Phi) is 3.02. The lowest BCUT2D eigenvalue weighted by molar-refractivity contribution is 0.600. The predicted molar refractivity (Wildman–Crippen MR) is 59.5 cm³/mol. The normalized spacial score (nSPS) is 10.3. The van der Waals surface area contributed by atoms with Crippen molar-refractivity contribution in [3.63, 3.8) is 0 Å². The summed E-state index contributed by atoms with van der Waals surface area (Å²) in [6.07, 6.45) is 3.41. The van der Waals surface area contributed by atoms with Crippen LogP contribution in [0.15, 0.2) is 52.5 Å². The standard InChI is InChI=1S/C12H10FNS/c1-9-2-3-12(11(13)8-9)15-10-4-6-14-7-5-10/h2-8H,1H3. The Bertz CT molecular complexity index is 456. The third kappa shape index (κ3) is 2.57. The molecule has 0 radical (unpaired) electrons. The first-order valence-electron chi connectivity index (χ1n) is 4.60. The van der Waals surface area contributed by atoms with E-state index < -0.39 is 0 Å². The first kappa shape index (κ1) is 10.2. The molecule has 76 valence electrons. The van der Waals surface area contributed by atoms with Crippen LogP contribution >= 0.6 is 11.8 Å². The van der Waals surface area contributed by atoms with E-state index in [0.717, 1.165) is 10.5 Å². The highest BCUT2D eigenvalue weighted by molar-refractivity contribution is 7.99. The third-order valence-electron chi connectivity index (χ3n) is 1.96. The van der Waals surface area contributed by atoms with E-state index in [9.17, 15) is 4.39 Å². The minimum atomic E-state index is -0.170. The average molecular weight is 219 g/mol. The second-order valence-corrected chi connectivity index (χ2v) is 4.33. The summed E-state index contributed by atoms with van der Waals surface area (Å²) in [5.74, 6) is -0.170. The van der Waals surface area contributed by atoms with Gasteiger partial charge in [-0.05, 0) is 36.8 Å². The van der Waals surface area contributed by atoms with E-state index in [1.165, 1.54) is 11.8 Å². The molecule has 0 saturated heterocycles. The molecule has 0 fully saturated rings. The van der Waals surface area contributed by atoms with Crippen LogP contribution in [0, 0.1) is 12.7 Å². The Labute approximate surface area is 92.4 Å². The first-order valence-corrected chi connectivity index (χ1v) is 5.41. The molecule has 0 amide bonds. The fraction of sp³-hybridized carbons (Fsp3) is 0.0833. The molecule has 1 heterocycles. The van der Waals surface area contributed by atoms with Gasteiger partial charge in [-0.3, -0.25) is 4.98 Å². The number of aryl methyl sites for hydroxylation is 1. The van der Waals surface area contributed by atoms with Crippen LogP contribution in [0.25, 0.3) is 0 Å². The van der Waals surface area contributed by atoms with Gasteiger partial charge in [0.2, 0.25) is 0 Å². The summed E-state index contributed by atoms with van der Waals surface area (Å²) in [6.45, 7) is 1.88. The van der Waals surface area contributed by atoms with E-state index in [1.54, 1.807) is 24.5 Å². The summed E-state index contributed by atoms with van der Waals surface area (Å²) in [6, 6.07) is 8.99. The van der Waals surface area contributed by atoms with Crippen molar-refractivity contribution < 1.29 is 4.39 Å². The number of nitrogens with zero attached hydrogens (tertiary/aromatic N) is 1. The number of pyridine rings is 1. The zero-order valence-corrected chi connectivity index (χ0v) is 9.09. The molecule has 2 aromatic rings. The lowest BCUT2D eigenvalue weighted by Gasteiger charge is -2.03. The van der Waals surface area contributed by atoms with E-state index in [4.69, 9.17) is 0 Å². The fourth-order valence-corrected chi connectivity index (χ4v) is 2.03. The molecule has 0 aliphatic carbocycles. The maximum atomic E-state index is 13.5. The number of rotatable bonds is 2. The molecule has 0 aliphatic rings. The van der Waals surface area contributed by atoms with Crippen LogP contribution < -0.4 is 0 Å². The molecule has 1 nitrogen and oxygen atoms in total. The lowest BCUT2D eigenvalue weighted by Crippen LogP contribution is -1.82. The first-order chi connectivity index (χ1) is 7.25. The highest BCUT2D eigenvalue weighted by Gasteiger charge is 2.03. The number of aromatic nitrogens is 1. The summed E-state index contributed by atoms with van der Waals surface area (Å²) in [5.41, 5.74) is 0.937. The number of hydrogen-bond acceptors (Lipinski definition) is 2. The molecule has 1 aromatic heterocycles. The zero-order valence-electron chi connectivity index (χ0n) is 8.27. The Balaban J connectivity index is 2.25. The van der Waals surface area contributed by atoms with Gasteiger partial charge < -0.3 is 0 Å². The molecule has 0 N–H and O–H groups in total. The SMILES string of the molecule is Cc1ccc(Sc2ccncc2)c(F)c1. The Morgan fingerprint density at radius 3 is 2.53 bits per heavy atom. The molecule has 0 spiro atoms. The fourth-order valence-electron chi connectivity index (χ4n) is 1.22. The van der Waals surface area contributed by atoms with Crippen molar-refractivity contribution in [3.8, 4) is 0 Å². The van der Waals surface area contributed by atoms with Gasteiger partial charge in [-0.25, -0.2) is 4.39 Å². The summed E-state index contributed by atoms with van der Waals surface area (Å²) in [7, 11) is 0. The summed E-state index contributed by atoms with van der Waals surface area (Å²) in [5, 5.41) is 0. The van der Waals surface area contributed by atoms with Crippen molar-refractivity contribution in [2.45, 2.75) is 16.7 Å². The molecule has 0 atom stereocenters. The molecular weight excluding hydrogens is 209 g/mol. The molecule has 0 aliphatic heterocycles. The highest BCUT2D eigenvalue weighted by Crippen LogP contribution is 2.29.